The van der Waals surface area contributed by atoms with Gasteiger partial charge in [-0.25, -0.2) is 0 Å². The Hall–Kier alpha value is -1.07. The van der Waals surface area contributed by atoms with Crippen LogP contribution in [0.1, 0.15) is 29.4 Å². The number of rotatable bonds is 4. The molecule has 1 atom stereocenters. The van der Waals surface area contributed by atoms with Gasteiger partial charge in [0.05, 0.1) is 5.69 Å². The van der Waals surface area contributed by atoms with Gasteiger partial charge in [0, 0.05) is 21.1 Å². The molecule has 3 N–H and O–H groups in total. The van der Waals surface area contributed by atoms with E-state index in [0.29, 0.717) is 16.5 Å². The highest BCUT2D eigenvalue weighted by atomic mass is 79.9. The predicted octanol–water partition coefficient (Wildman–Crippen LogP) is 4.02. The van der Waals surface area contributed by atoms with Crippen LogP contribution >= 0.6 is 27.3 Å². The molecule has 1 aliphatic rings. The number of nitrogen functional groups attached to an aromatic ring is 1. The molecule has 1 fully saturated rings. The largest absolute Gasteiger partial charge is 0.397 e. The summed E-state index contributed by atoms with van der Waals surface area (Å²) in [5.41, 5.74) is 6.72. The Balaban J connectivity index is 1.80. The third-order valence-corrected chi connectivity index (χ3v) is 5.75. The summed E-state index contributed by atoms with van der Waals surface area (Å²) < 4.78 is 1.98. The first-order valence-corrected chi connectivity index (χ1v) is 8.43. The first kappa shape index (κ1) is 13.9. The normalized spacial score (nSPS) is 16.3. The number of nitrogens with two attached hydrogens (primary N) is 1. The van der Waals surface area contributed by atoms with Crippen molar-refractivity contribution in [3.63, 3.8) is 0 Å². The Morgan fingerprint density at radius 3 is 2.95 bits per heavy atom. The quantitative estimate of drug-likeness (QED) is 0.872. The van der Waals surface area contributed by atoms with Gasteiger partial charge >= 0.3 is 0 Å². The van der Waals surface area contributed by atoms with Crippen LogP contribution in [0.15, 0.2) is 22.7 Å². The number of hydrogen-bond acceptors (Lipinski definition) is 3. The van der Waals surface area contributed by atoms with Crippen LogP contribution in [0, 0.1) is 11.8 Å². The maximum atomic E-state index is 12.3. The second-order valence-electron chi connectivity index (χ2n) is 5.48. The zero-order chi connectivity index (χ0) is 14.3. The van der Waals surface area contributed by atoms with E-state index in [2.05, 4.69) is 28.2 Å². The molecule has 0 radical (unpaired) electrons. The minimum absolute atomic E-state index is 0.0527. The number of amides is 1. The molecule has 5 heteroatoms. The summed E-state index contributed by atoms with van der Waals surface area (Å²) in [5, 5.41) is 3.96. The highest BCUT2D eigenvalue weighted by Crippen LogP contribution is 2.38. The van der Waals surface area contributed by atoms with Gasteiger partial charge in [-0.1, -0.05) is 28.9 Å². The molecule has 0 spiro atoms. The summed E-state index contributed by atoms with van der Waals surface area (Å²) in [5.74, 6) is 1.30. The predicted molar refractivity (Wildman–Crippen MR) is 88.2 cm³/mol. The topological polar surface area (TPSA) is 55.1 Å². The fourth-order valence-corrected chi connectivity index (χ4v) is 4.24. The van der Waals surface area contributed by atoms with Gasteiger partial charge in [0.2, 0.25) is 0 Å². The molecule has 1 saturated carbocycles. The van der Waals surface area contributed by atoms with Crippen LogP contribution in [0.4, 0.5) is 5.69 Å². The van der Waals surface area contributed by atoms with Crippen molar-refractivity contribution in [1.82, 2.24) is 5.32 Å². The second kappa shape index (κ2) is 5.37. The lowest BCUT2D eigenvalue weighted by atomic mass is 10.1. The molecule has 0 bridgehead atoms. The van der Waals surface area contributed by atoms with Crippen LogP contribution < -0.4 is 11.1 Å². The van der Waals surface area contributed by atoms with E-state index in [1.807, 2.05) is 18.2 Å². The molecule has 0 aliphatic heterocycles. The van der Waals surface area contributed by atoms with Gasteiger partial charge in [-0.3, -0.25) is 4.79 Å². The Bertz CT molecular complexity index is 663. The maximum Gasteiger partial charge on any atom is 0.263 e. The summed E-state index contributed by atoms with van der Waals surface area (Å²) in [4.78, 5) is 12.9. The number of halogens is 1. The highest BCUT2D eigenvalue weighted by molar-refractivity contribution is 9.10. The number of carbonyl (C=O) groups excluding carboxylic acids is 1. The summed E-state index contributed by atoms with van der Waals surface area (Å²) in [6, 6.07) is 5.90. The zero-order valence-electron chi connectivity index (χ0n) is 11.3. The molecule has 2 aromatic rings. The molecule has 1 heterocycles. The fraction of sp³-hybridized carbons (Fsp3) is 0.400. The maximum absolute atomic E-state index is 12.3. The number of nitrogens with one attached hydrogen (secondary N) is 1. The average Bonchev–Trinajstić information content (AvgIpc) is 3.21. The Labute approximate surface area is 130 Å². The zero-order valence-corrected chi connectivity index (χ0v) is 13.7. The SMILES string of the molecule is CC(CNC(=O)c1sc2cccc(Br)c2c1N)C1CC1. The number of carbonyl (C=O) groups is 1. The lowest BCUT2D eigenvalue weighted by Gasteiger charge is -2.10. The second-order valence-corrected chi connectivity index (χ2v) is 7.39. The molecule has 3 rings (SSSR count). The molecule has 1 amide bonds. The van der Waals surface area contributed by atoms with Crippen LogP contribution in [-0.2, 0) is 0 Å². The first-order valence-electron chi connectivity index (χ1n) is 6.82. The van der Waals surface area contributed by atoms with E-state index in [0.717, 1.165) is 27.0 Å². The standard InChI is InChI=1S/C15H17BrN2OS/c1-8(9-5-6-9)7-18-15(19)14-13(17)12-10(16)3-2-4-11(12)20-14/h2-4,8-9H,5-7,17H2,1H3,(H,18,19). The Morgan fingerprint density at radius 2 is 2.30 bits per heavy atom. The number of hydrogen-bond donors (Lipinski definition) is 2. The first-order chi connectivity index (χ1) is 9.58. The van der Waals surface area contributed by atoms with Crippen molar-refractivity contribution in [2.24, 2.45) is 11.8 Å². The van der Waals surface area contributed by atoms with E-state index in [1.165, 1.54) is 24.2 Å². The van der Waals surface area contributed by atoms with Crippen LogP contribution in [0.25, 0.3) is 10.1 Å². The van der Waals surface area contributed by atoms with Crippen molar-refractivity contribution >= 4 is 48.9 Å². The number of benzene rings is 1. The summed E-state index contributed by atoms with van der Waals surface area (Å²) in [6.07, 6.45) is 2.60. The van der Waals surface area contributed by atoms with Crippen molar-refractivity contribution < 1.29 is 4.79 Å². The van der Waals surface area contributed by atoms with E-state index in [4.69, 9.17) is 5.73 Å². The molecule has 1 unspecified atom stereocenters. The lowest BCUT2D eigenvalue weighted by molar-refractivity contribution is 0.0951. The van der Waals surface area contributed by atoms with Gasteiger partial charge in [0.15, 0.2) is 0 Å². The molecule has 20 heavy (non-hydrogen) atoms. The summed E-state index contributed by atoms with van der Waals surface area (Å²) in [7, 11) is 0. The molecular weight excluding hydrogens is 336 g/mol. The highest BCUT2D eigenvalue weighted by Gasteiger charge is 2.28. The van der Waals surface area contributed by atoms with Crippen LogP contribution in [0.3, 0.4) is 0 Å². The summed E-state index contributed by atoms with van der Waals surface area (Å²) >= 11 is 4.95. The molecule has 0 saturated heterocycles. The number of fused-ring (bicyclic) bond motifs is 1. The van der Waals surface area contributed by atoms with Gasteiger partial charge in [-0.2, -0.15) is 0 Å². The molecule has 1 aromatic carbocycles. The lowest BCUT2D eigenvalue weighted by Crippen LogP contribution is -2.28. The minimum atomic E-state index is -0.0527. The van der Waals surface area contributed by atoms with Gasteiger partial charge < -0.3 is 11.1 Å². The van der Waals surface area contributed by atoms with Gasteiger partial charge in [0.1, 0.15) is 4.88 Å². The minimum Gasteiger partial charge on any atom is -0.397 e. The average molecular weight is 353 g/mol. The van der Waals surface area contributed by atoms with E-state index in [-0.39, 0.29) is 5.91 Å². The van der Waals surface area contributed by atoms with Crippen molar-refractivity contribution in [1.29, 1.82) is 0 Å². The van der Waals surface area contributed by atoms with Crippen molar-refractivity contribution in [3.8, 4) is 0 Å². The fourth-order valence-electron chi connectivity index (χ4n) is 2.46. The third kappa shape index (κ3) is 2.56. The van der Waals surface area contributed by atoms with E-state index < -0.39 is 0 Å². The molecule has 1 aliphatic carbocycles. The van der Waals surface area contributed by atoms with E-state index in [1.54, 1.807) is 0 Å². The Kier molecular flexibility index (Phi) is 3.73. The number of anilines is 1. The Morgan fingerprint density at radius 1 is 1.55 bits per heavy atom. The monoisotopic (exact) mass is 352 g/mol. The number of thiophene rings is 1. The molecular formula is C15H17BrN2OS. The molecule has 3 nitrogen and oxygen atoms in total. The van der Waals surface area contributed by atoms with Gasteiger partial charge in [0.25, 0.3) is 5.91 Å². The third-order valence-electron chi connectivity index (χ3n) is 3.92. The van der Waals surface area contributed by atoms with Crippen LogP contribution in [-0.4, -0.2) is 12.5 Å². The van der Waals surface area contributed by atoms with Gasteiger partial charge in [-0.05, 0) is 36.8 Å². The van der Waals surface area contributed by atoms with Crippen molar-refractivity contribution in [2.45, 2.75) is 19.8 Å². The van der Waals surface area contributed by atoms with E-state index >= 15 is 0 Å². The smallest absolute Gasteiger partial charge is 0.263 e. The van der Waals surface area contributed by atoms with E-state index in [9.17, 15) is 4.79 Å². The molecule has 1 aromatic heterocycles. The van der Waals surface area contributed by atoms with Crippen molar-refractivity contribution in [3.05, 3.63) is 27.5 Å². The summed E-state index contributed by atoms with van der Waals surface area (Å²) in [6.45, 7) is 2.93. The van der Waals surface area contributed by atoms with Gasteiger partial charge in [-0.15, -0.1) is 11.3 Å². The van der Waals surface area contributed by atoms with Crippen LogP contribution in [0.2, 0.25) is 0 Å². The van der Waals surface area contributed by atoms with Crippen LogP contribution in [0.5, 0.6) is 0 Å². The molecule has 106 valence electrons. The van der Waals surface area contributed by atoms with Crippen molar-refractivity contribution in [2.75, 3.05) is 12.3 Å².